The van der Waals surface area contributed by atoms with Crippen LogP contribution in [0, 0.1) is 5.92 Å². The highest BCUT2D eigenvalue weighted by molar-refractivity contribution is 5.98. The summed E-state index contributed by atoms with van der Waals surface area (Å²) in [5.74, 6) is -8.81. The van der Waals surface area contributed by atoms with Gasteiger partial charge in [0.25, 0.3) is 5.91 Å². The summed E-state index contributed by atoms with van der Waals surface area (Å²) in [5.41, 5.74) is 35.1. The van der Waals surface area contributed by atoms with E-state index < -0.39 is 121 Å². The zero-order chi connectivity index (χ0) is 61.9. The van der Waals surface area contributed by atoms with E-state index in [9.17, 15) is 58.2 Å². The molecule has 1 heterocycles. The number of aromatic hydroxyl groups is 1. The van der Waals surface area contributed by atoms with E-state index in [1.165, 1.54) is 31.6 Å². The Labute approximate surface area is 485 Å². The Bertz CT molecular complexity index is 2880. The van der Waals surface area contributed by atoms with Crippen molar-refractivity contribution >= 4 is 65.2 Å². The van der Waals surface area contributed by atoms with Gasteiger partial charge in [0.1, 0.15) is 48.0 Å². The number of aromatic nitrogens is 1. The molecule has 28 heteroatoms. The molecule has 452 valence electrons. The molecule has 0 unspecified atom stereocenters. The molecule has 0 saturated carbocycles. The number of amides is 11. The maximum absolute atomic E-state index is 14.3. The molecule has 11 amide bonds. The summed E-state index contributed by atoms with van der Waals surface area (Å²) in [7, 11) is 1.34. The van der Waals surface area contributed by atoms with Crippen LogP contribution in [0.4, 0.5) is 4.79 Å². The van der Waals surface area contributed by atoms with Crippen molar-refractivity contribution in [3.8, 4) is 5.75 Å². The molecule has 0 bridgehead atoms. The van der Waals surface area contributed by atoms with Crippen LogP contribution >= 0.6 is 0 Å². The zero-order valence-electron chi connectivity index (χ0n) is 46.9. The normalized spacial score (nSPS) is 13.7. The number of primary amides is 2. The summed E-state index contributed by atoms with van der Waals surface area (Å²) in [6.07, 6.45) is 2.05. The topological polar surface area (TPSA) is 466 Å². The lowest BCUT2D eigenvalue weighted by Crippen LogP contribution is -2.62. The molecule has 84 heavy (non-hydrogen) atoms. The largest absolute Gasteiger partial charge is 0.508 e. The Hall–Kier alpha value is -9.70. The van der Waals surface area contributed by atoms with Gasteiger partial charge in [0, 0.05) is 45.2 Å². The van der Waals surface area contributed by atoms with Crippen LogP contribution in [0.2, 0.25) is 0 Å². The van der Waals surface area contributed by atoms with Gasteiger partial charge < -0.3 is 75.7 Å². The fourth-order valence-corrected chi connectivity index (χ4v) is 8.53. The van der Waals surface area contributed by atoms with Crippen LogP contribution in [0.5, 0.6) is 5.75 Å². The second-order valence-corrected chi connectivity index (χ2v) is 20.2. The molecular formula is C56H76N16O12. The summed E-state index contributed by atoms with van der Waals surface area (Å²) < 4.78 is 0. The fourth-order valence-electron chi connectivity index (χ4n) is 8.53. The number of phenolic OH excluding ortho intramolecular Hbond substituents is 1. The third kappa shape index (κ3) is 23.0. The number of hydrogen-bond acceptors (Lipinski definition) is 15. The van der Waals surface area contributed by atoms with Crippen LogP contribution in [0.15, 0.2) is 114 Å². The molecule has 0 aliphatic heterocycles. The molecule has 8 atom stereocenters. The Balaban J connectivity index is 1.49. The number of nitrogens with two attached hydrogens (primary N) is 5. The number of aliphatic hydroxyl groups excluding tert-OH is 1. The highest BCUT2D eigenvalue weighted by Gasteiger charge is 2.36. The van der Waals surface area contributed by atoms with E-state index in [0.717, 1.165) is 4.90 Å². The average Bonchev–Trinajstić information content (AvgIpc) is 3.48. The Morgan fingerprint density at radius 3 is 1.60 bits per heavy atom. The van der Waals surface area contributed by atoms with Gasteiger partial charge in [-0.05, 0) is 78.1 Å². The van der Waals surface area contributed by atoms with E-state index in [0.29, 0.717) is 22.3 Å². The number of pyridine rings is 1. The predicted octanol–water partition coefficient (Wildman–Crippen LogP) is -3.21. The number of guanidine groups is 1. The lowest BCUT2D eigenvalue weighted by molar-refractivity contribution is -0.141. The van der Waals surface area contributed by atoms with Gasteiger partial charge in [-0.15, -0.1) is 0 Å². The number of aliphatic hydroxyl groups is 1. The van der Waals surface area contributed by atoms with Crippen molar-refractivity contribution in [3.63, 3.8) is 0 Å². The van der Waals surface area contributed by atoms with Crippen LogP contribution in [-0.2, 0) is 68.8 Å². The second kappa shape index (κ2) is 33.9. The fraction of sp³-hybridized carbons (Fsp3) is 0.393. The van der Waals surface area contributed by atoms with Gasteiger partial charge in [0.05, 0.1) is 19.1 Å². The minimum Gasteiger partial charge on any atom is -0.508 e. The molecular weight excluding hydrogens is 1090 g/mol. The van der Waals surface area contributed by atoms with Crippen LogP contribution < -0.4 is 71.4 Å². The zero-order valence-corrected chi connectivity index (χ0v) is 46.9. The van der Waals surface area contributed by atoms with Crippen molar-refractivity contribution in [2.24, 2.45) is 39.6 Å². The maximum atomic E-state index is 14.3. The van der Waals surface area contributed by atoms with E-state index in [-0.39, 0.29) is 69.1 Å². The minimum atomic E-state index is -1.83. The van der Waals surface area contributed by atoms with Crippen molar-refractivity contribution in [3.05, 3.63) is 132 Å². The van der Waals surface area contributed by atoms with E-state index in [2.05, 4.69) is 52.7 Å². The van der Waals surface area contributed by atoms with Gasteiger partial charge in [-0.1, -0.05) is 86.6 Å². The Morgan fingerprint density at radius 1 is 0.560 bits per heavy atom. The molecule has 0 radical (unpaired) electrons. The number of hydrogen-bond donors (Lipinski definition) is 15. The first-order valence-electron chi connectivity index (χ1n) is 26.8. The van der Waals surface area contributed by atoms with Crippen molar-refractivity contribution in [1.82, 2.24) is 52.6 Å². The van der Waals surface area contributed by atoms with Crippen molar-refractivity contribution in [1.29, 1.82) is 0 Å². The minimum absolute atomic E-state index is 0.00221. The molecule has 0 aliphatic carbocycles. The Morgan fingerprint density at radius 2 is 1.05 bits per heavy atom. The number of phenols is 1. The van der Waals surface area contributed by atoms with Crippen LogP contribution in [0.3, 0.4) is 0 Å². The number of urea groups is 1. The van der Waals surface area contributed by atoms with Crippen LogP contribution in [0.1, 0.15) is 61.8 Å². The van der Waals surface area contributed by atoms with Gasteiger partial charge in [0.15, 0.2) is 5.96 Å². The highest BCUT2D eigenvalue weighted by atomic mass is 16.3. The molecule has 4 rings (SSSR count). The lowest BCUT2D eigenvalue weighted by atomic mass is 10.0. The summed E-state index contributed by atoms with van der Waals surface area (Å²) in [5, 5.41) is 34.9. The lowest BCUT2D eigenvalue weighted by Gasteiger charge is -2.32. The molecule has 28 nitrogen and oxygen atoms in total. The molecule has 3 aromatic carbocycles. The average molecular weight is 1170 g/mol. The molecule has 4 aromatic rings. The number of carbonyl (C=O) groups is 10. The first kappa shape index (κ1) is 66.8. The van der Waals surface area contributed by atoms with Gasteiger partial charge >= 0.3 is 6.03 Å². The van der Waals surface area contributed by atoms with Gasteiger partial charge in [0.2, 0.25) is 47.3 Å². The van der Waals surface area contributed by atoms with Crippen LogP contribution in [-0.4, -0.2) is 154 Å². The summed E-state index contributed by atoms with van der Waals surface area (Å²) in [6.45, 7) is 2.56. The van der Waals surface area contributed by atoms with E-state index >= 15 is 0 Å². The maximum Gasteiger partial charge on any atom is 0.334 e. The quantitative estimate of drug-likeness (QED) is 0.00990. The molecule has 0 aliphatic rings. The third-order valence-corrected chi connectivity index (χ3v) is 12.9. The van der Waals surface area contributed by atoms with E-state index in [1.807, 2.05) is 0 Å². The molecule has 0 saturated heterocycles. The summed E-state index contributed by atoms with van der Waals surface area (Å²) in [6, 6.07) is 13.7. The standard InChI is InChI=1S/C56H76N16O12/c1-32(2)25-43(54(83)72(3)45(15-10-22-63-55(60)61)53(82)64-39(47(59)76)27-33-11-6-4-7-12-33)69-56(84)71-70-52(81)41(28-34-13-8-5-9-14-34)66-51(80)44(31-73)68-50(79)42(30-46(58)75)67-49(78)40(29-36-20-23-62-24-21-36)65-48(77)38(57)26-35-16-18-37(74)19-17-35/h4-9,11-14,16-21,23-24,32,38-45,73-74H,10,15,22,25-31,57H2,1-3H3,(H2,58,75)(H2,59,76)(H,64,82)(H,65,77)(H,66,80)(H,67,78)(H,68,79)(H,70,81)(H4,60,61,63)(H2,69,71,84)/t38-,39+,40-,41+,42+,43+,44+,45+/m1/s1. The van der Waals surface area contributed by atoms with Gasteiger partial charge in [-0.25, -0.2) is 10.2 Å². The van der Waals surface area contributed by atoms with E-state index in [1.54, 1.807) is 98.8 Å². The first-order chi connectivity index (χ1) is 39.9. The Kier molecular flexibility index (Phi) is 27.0. The van der Waals surface area contributed by atoms with Crippen molar-refractivity contribution < 1.29 is 58.2 Å². The van der Waals surface area contributed by atoms with E-state index in [4.69, 9.17) is 28.7 Å². The monoisotopic (exact) mass is 1160 g/mol. The number of nitrogens with zero attached hydrogens (tertiary/aromatic N) is 3. The van der Waals surface area contributed by atoms with Gasteiger partial charge in [-0.2, -0.15) is 0 Å². The number of likely N-dealkylation sites (N-methyl/N-ethyl adjacent to an activating group) is 1. The molecule has 1 aromatic heterocycles. The third-order valence-electron chi connectivity index (χ3n) is 12.9. The predicted molar refractivity (Wildman–Crippen MR) is 307 cm³/mol. The van der Waals surface area contributed by atoms with Crippen molar-refractivity contribution in [2.75, 3.05) is 20.2 Å². The second-order valence-electron chi connectivity index (χ2n) is 20.2. The first-order valence-corrected chi connectivity index (χ1v) is 26.8. The number of hydrazine groups is 1. The molecule has 0 spiro atoms. The number of benzene rings is 3. The molecule has 20 N–H and O–H groups in total. The smallest absolute Gasteiger partial charge is 0.334 e. The number of rotatable bonds is 32. The van der Waals surface area contributed by atoms with Crippen LogP contribution in [0.25, 0.3) is 0 Å². The number of nitrogens with one attached hydrogen (secondary N) is 8. The number of aliphatic imine (C=N–C) groups is 1. The molecule has 0 fully saturated rings. The highest BCUT2D eigenvalue weighted by Crippen LogP contribution is 2.16. The summed E-state index contributed by atoms with van der Waals surface area (Å²) in [4.78, 5) is 145. The number of carbonyl (C=O) groups excluding carboxylic acids is 10. The summed E-state index contributed by atoms with van der Waals surface area (Å²) >= 11 is 0. The SMILES string of the molecule is CC(C)C[C@H](NC(=O)NNC(=O)[C@H](Cc1ccccc1)NC(=O)[C@H](CO)NC(=O)[C@H](CC(N)=O)NC(=O)[C@@H](Cc1ccncc1)NC(=O)[C@H](N)Cc1ccc(O)cc1)C(=O)N(C)[C@@H](CCCN=C(N)N)C(=O)N[C@@H](Cc1ccccc1)C(N)=O. The van der Waals surface area contributed by atoms with Crippen molar-refractivity contribution in [2.45, 2.75) is 114 Å². The van der Waals surface area contributed by atoms with Gasteiger partial charge in [-0.3, -0.25) is 58.6 Å².